The first-order valence-electron chi connectivity index (χ1n) is 12.0. The quantitative estimate of drug-likeness (QED) is 0.723. The summed E-state index contributed by atoms with van der Waals surface area (Å²) in [7, 11) is 0. The number of aromatic nitrogens is 3. The maximum atomic E-state index is 6.41. The number of hydrogen-bond acceptors (Lipinski definition) is 3. The van der Waals surface area contributed by atoms with Crippen molar-refractivity contribution in [1.29, 1.82) is 0 Å². The molecule has 3 atom stereocenters. The third-order valence-electron chi connectivity index (χ3n) is 8.00. The fourth-order valence-electron chi connectivity index (χ4n) is 6.38. The van der Waals surface area contributed by atoms with Crippen molar-refractivity contribution in [2.45, 2.75) is 88.4 Å². The second-order valence-corrected chi connectivity index (χ2v) is 10.2. The molecule has 1 N–H and O–H groups in total. The van der Waals surface area contributed by atoms with Gasteiger partial charge < -0.3 is 10.1 Å². The zero-order valence-corrected chi connectivity index (χ0v) is 18.6. The van der Waals surface area contributed by atoms with Crippen LogP contribution in [-0.4, -0.2) is 28.5 Å². The highest BCUT2D eigenvalue weighted by molar-refractivity contribution is 5.14. The summed E-state index contributed by atoms with van der Waals surface area (Å²) in [6.45, 7) is 6.53. The average Bonchev–Trinajstić information content (AvgIpc) is 3.47. The first-order valence-corrected chi connectivity index (χ1v) is 12.0. The lowest BCUT2D eigenvalue weighted by Crippen LogP contribution is -2.63. The van der Waals surface area contributed by atoms with E-state index in [2.05, 4.69) is 70.2 Å². The molecular formula is C25H37N4O+. The molecular weight excluding hydrogens is 372 g/mol. The zero-order chi connectivity index (χ0) is 20.6. The molecule has 0 amide bonds. The van der Waals surface area contributed by atoms with Gasteiger partial charge in [0.05, 0.1) is 30.0 Å². The highest BCUT2D eigenvalue weighted by atomic mass is 16.5. The second kappa shape index (κ2) is 8.08. The van der Waals surface area contributed by atoms with Crippen molar-refractivity contribution in [1.82, 2.24) is 15.1 Å². The first-order chi connectivity index (χ1) is 14.6. The predicted molar refractivity (Wildman–Crippen MR) is 117 cm³/mol. The molecule has 30 heavy (non-hydrogen) atoms. The van der Waals surface area contributed by atoms with Gasteiger partial charge in [-0.15, -0.1) is 0 Å². The van der Waals surface area contributed by atoms with Crippen LogP contribution >= 0.6 is 0 Å². The van der Waals surface area contributed by atoms with Crippen LogP contribution in [0.4, 0.5) is 0 Å². The Morgan fingerprint density at radius 3 is 2.77 bits per heavy atom. The van der Waals surface area contributed by atoms with E-state index in [1.54, 1.807) is 0 Å². The van der Waals surface area contributed by atoms with Gasteiger partial charge in [0, 0.05) is 44.1 Å². The molecule has 1 saturated carbocycles. The van der Waals surface area contributed by atoms with Gasteiger partial charge in [-0.1, -0.05) is 32.8 Å². The molecule has 162 valence electrons. The second-order valence-electron chi connectivity index (χ2n) is 10.2. The molecule has 3 aliphatic rings. The summed E-state index contributed by atoms with van der Waals surface area (Å²) in [5.41, 5.74) is 1.61. The van der Waals surface area contributed by atoms with Gasteiger partial charge in [-0.3, -0.25) is 4.68 Å². The molecule has 2 aromatic rings. The van der Waals surface area contributed by atoms with Crippen molar-refractivity contribution in [3.63, 3.8) is 0 Å². The van der Waals surface area contributed by atoms with Crippen LogP contribution in [0, 0.1) is 5.92 Å². The van der Waals surface area contributed by atoms with Crippen LogP contribution in [0.25, 0.3) is 0 Å². The Labute approximate surface area is 180 Å². The molecule has 2 fully saturated rings. The Morgan fingerprint density at radius 2 is 2.00 bits per heavy atom. The lowest BCUT2D eigenvalue weighted by atomic mass is 9.76. The standard InChI is InChI=1S/C25H37N4O/c1-20(2)23-18-21(22-8-13-27-29(22)23)26-14-11-24(28-15-6-3-7-16-28)12-17-30-25(19-24)9-4-5-10-25/h3,6-8,13,15-16,20-21,23,26H,4-5,9-12,14,17-19H2,1-2H3/q+1/t21-,23-,24+/m0/s1. The van der Waals surface area contributed by atoms with Crippen molar-refractivity contribution in [3.05, 3.63) is 48.5 Å². The molecule has 5 nitrogen and oxygen atoms in total. The Morgan fingerprint density at radius 1 is 1.20 bits per heavy atom. The van der Waals surface area contributed by atoms with Crippen LogP contribution in [-0.2, 0) is 10.3 Å². The van der Waals surface area contributed by atoms with Gasteiger partial charge >= 0.3 is 0 Å². The topological polar surface area (TPSA) is 43.0 Å². The molecule has 2 aliphatic heterocycles. The molecule has 4 heterocycles. The number of ether oxygens (including phenoxy) is 1. The SMILES string of the molecule is CC(C)[C@@H]1C[C@H](NCC[C@@]2([n+]3ccccc3)CCOC3(CCCC3)C2)c2ccnn21. The minimum Gasteiger partial charge on any atom is -0.374 e. The molecule has 0 bridgehead atoms. The van der Waals surface area contributed by atoms with Gasteiger partial charge in [-0.2, -0.15) is 9.67 Å². The first kappa shape index (κ1) is 20.2. The fraction of sp³-hybridized carbons (Fsp3) is 0.680. The Kier molecular flexibility index (Phi) is 5.44. The number of fused-ring (bicyclic) bond motifs is 1. The highest BCUT2D eigenvalue weighted by Crippen LogP contribution is 2.46. The van der Waals surface area contributed by atoms with Crippen LogP contribution in [0.15, 0.2) is 42.9 Å². The summed E-state index contributed by atoms with van der Waals surface area (Å²) in [5.74, 6) is 0.611. The van der Waals surface area contributed by atoms with Gasteiger partial charge in [0.25, 0.3) is 0 Å². The van der Waals surface area contributed by atoms with E-state index < -0.39 is 0 Å². The number of hydrogen-bond donors (Lipinski definition) is 1. The molecule has 5 heteroatoms. The monoisotopic (exact) mass is 409 g/mol. The van der Waals surface area contributed by atoms with Crippen LogP contribution < -0.4 is 9.88 Å². The van der Waals surface area contributed by atoms with E-state index in [4.69, 9.17) is 4.74 Å². The van der Waals surface area contributed by atoms with Gasteiger partial charge in [0.15, 0.2) is 17.9 Å². The van der Waals surface area contributed by atoms with Crippen LogP contribution in [0.1, 0.15) is 83.0 Å². The lowest BCUT2D eigenvalue weighted by Gasteiger charge is -2.43. The van der Waals surface area contributed by atoms with E-state index in [9.17, 15) is 0 Å². The summed E-state index contributed by atoms with van der Waals surface area (Å²) in [5, 5.41) is 8.53. The summed E-state index contributed by atoms with van der Waals surface area (Å²) in [6.07, 6.45) is 16.1. The lowest BCUT2D eigenvalue weighted by molar-refractivity contribution is -0.772. The van der Waals surface area contributed by atoms with Crippen molar-refractivity contribution in [2.24, 2.45) is 5.92 Å². The van der Waals surface area contributed by atoms with Crippen LogP contribution in [0.2, 0.25) is 0 Å². The minimum atomic E-state index is 0.107. The third-order valence-corrected chi connectivity index (χ3v) is 8.00. The molecule has 0 radical (unpaired) electrons. The Balaban J connectivity index is 1.32. The molecule has 1 spiro atoms. The molecule has 2 aromatic heterocycles. The Bertz CT molecular complexity index is 842. The van der Waals surface area contributed by atoms with Crippen molar-refractivity contribution >= 4 is 0 Å². The molecule has 0 unspecified atom stereocenters. The normalized spacial score (nSPS) is 30.2. The Hall–Kier alpha value is -1.72. The van der Waals surface area contributed by atoms with E-state index in [0.29, 0.717) is 18.0 Å². The van der Waals surface area contributed by atoms with Crippen LogP contribution in [0.3, 0.4) is 0 Å². The van der Waals surface area contributed by atoms with Gasteiger partial charge in [0.1, 0.15) is 0 Å². The maximum Gasteiger partial charge on any atom is 0.174 e. The van der Waals surface area contributed by atoms with Gasteiger partial charge in [-0.05, 0) is 31.2 Å². The van der Waals surface area contributed by atoms with E-state index in [-0.39, 0.29) is 11.1 Å². The fourth-order valence-corrected chi connectivity index (χ4v) is 6.38. The largest absolute Gasteiger partial charge is 0.374 e. The maximum absolute atomic E-state index is 6.41. The van der Waals surface area contributed by atoms with Crippen molar-refractivity contribution < 1.29 is 9.30 Å². The van der Waals surface area contributed by atoms with Crippen molar-refractivity contribution in [3.8, 4) is 0 Å². The molecule has 0 aromatic carbocycles. The van der Waals surface area contributed by atoms with Crippen molar-refractivity contribution in [2.75, 3.05) is 13.2 Å². The number of nitrogens with one attached hydrogen (secondary N) is 1. The average molecular weight is 410 g/mol. The number of nitrogens with zero attached hydrogens (tertiary/aromatic N) is 3. The van der Waals surface area contributed by atoms with Gasteiger partial charge in [0.2, 0.25) is 0 Å². The molecule has 5 rings (SSSR count). The molecule has 1 aliphatic carbocycles. The van der Waals surface area contributed by atoms with E-state index in [1.165, 1.54) is 31.4 Å². The summed E-state index contributed by atoms with van der Waals surface area (Å²) in [6, 6.07) is 9.60. The summed E-state index contributed by atoms with van der Waals surface area (Å²) < 4.78 is 11.2. The predicted octanol–water partition coefficient (Wildman–Crippen LogP) is 4.31. The minimum absolute atomic E-state index is 0.107. The number of pyridine rings is 1. The zero-order valence-electron chi connectivity index (χ0n) is 18.6. The van der Waals surface area contributed by atoms with E-state index >= 15 is 0 Å². The van der Waals surface area contributed by atoms with Gasteiger partial charge in [-0.25, -0.2) is 0 Å². The van der Waals surface area contributed by atoms with E-state index in [0.717, 1.165) is 38.8 Å². The highest BCUT2D eigenvalue weighted by Gasteiger charge is 2.52. The number of rotatable bonds is 6. The summed E-state index contributed by atoms with van der Waals surface area (Å²) >= 11 is 0. The van der Waals surface area contributed by atoms with E-state index in [1.807, 2.05) is 6.20 Å². The third kappa shape index (κ3) is 3.60. The van der Waals surface area contributed by atoms with Crippen LogP contribution in [0.5, 0.6) is 0 Å². The molecule has 1 saturated heterocycles. The smallest absolute Gasteiger partial charge is 0.174 e. The summed E-state index contributed by atoms with van der Waals surface area (Å²) in [4.78, 5) is 0.